The molecule has 0 bridgehead atoms. The molecule has 29 heavy (non-hydrogen) atoms. The van der Waals surface area contributed by atoms with E-state index in [-0.39, 0.29) is 42.9 Å². The Hall–Kier alpha value is -1.80. The van der Waals surface area contributed by atoms with Crippen LogP contribution in [0.5, 0.6) is 0 Å². The lowest BCUT2D eigenvalue weighted by Gasteiger charge is -2.19. The summed E-state index contributed by atoms with van der Waals surface area (Å²) < 4.78 is 22.4. The normalized spacial score (nSPS) is 13.7. The molecule has 0 aromatic heterocycles. The Balaban J connectivity index is 0.00000210. The monoisotopic (exact) mass is 459 g/mol. The number of hydrogen-bond donors (Lipinski definition) is 2. The molecule has 6 nitrogen and oxygen atoms in total. The molecule has 1 aliphatic heterocycles. The summed E-state index contributed by atoms with van der Waals surface area (Å²) in [5.41, 5.74) is 10.2. The largest absolute Gasteiger partial charge is 0.367 e. The SMILES string of the molecule is CS(=O)(=O)CCC(N)C(=O)Nc1ccc(CN2CCc3ccccc32)cc1.Cl.Cl. The maximum Gasteiger partial charge on any atom is 0.241 e. The number of sulfone groups is 1. The van der Waals surface area contributed by atoms with Gasteiger partial charge in [-0.3, -0.25) is 4.79 Å². The van der Waals surface area contributed by atoms with Crippen molar-refractivity contribution < 1.29 is 13.2 Å². The molecule has 0 radical (unpaired) electrons. The molecule has 0 fully saturated rings. The molecule has 1 atom stereocenters. The molecule has 1 amide bonds. The van der Waals surface area contributed by atoms with E-state index in [1.807, 2.05) is 24.3 Å². The van der Waals surface area contributed by atoms with Crippen LogP contribution in [0.3, 0.4) is 0 Å². The lowest BCUT2D eigenvalue weighted by atomic mass is 10.1. The maximum absolute atomic E-state index is 12.1. The van der Waals surface area contributed by atoms with Gasteiger partial charge in [0.15, 0.2) is 0 Å². The predicted octanol–water partition coefficient (Wildman–Crippen LogP) is 2.79. The Labute approximate surface area is 184 Å². The second-order valence-corrected chi connectivity index (χ2v) is 9.27. The number of nitrogens with one attached hydrogen (secondary N) is 1. The zero-order valence-electron chi connectivity index (χ0n) is 16.2. The highest BCUT2D eigenvalue weighted by molar-refractivity contribution is 7.90. The first-order valence-corrected chi connectivity index (χ1v) is 11.0. The van der Waals surface area contributed by atoms with Gasteiger partial charge in [0.25, 0.3) is 0 Å². The molecular weight excluding hydrogens is 433 g/mol. The summed E-state index contributed by atoms with van der Waals surface area (Å²) in [6, 6.07) is 15.3. The first-order valence-electron chi connectivity index (χ1n) is 8.98. The Bertz CT molecular complexity index is 921. The van der Waals surface area contributed by atoms with Crippen molar-refractivity contribution in [2.24, 2.45) is 5.73 Å². The molecule has 0 spiro atoms. The van der Waals surface area contributed by atoms with Gasteiger partial charge >= 0.3 is 0 Å². The van der Waals surface area contributed by atoms with Gasteiger partial charge in [-0.05, 0) is 42.2 Å². The summed E-state index contributed by atoms with van der Waals surface area (Å²) in [6.45, 7) is 1.83. The summed E-state index contributed by atoms with van der Waals surface area (Å²) >= 11 is 0. The van der Waals surface area contributed by atoms with Crippen molar-refractivity contribution in [3.05, 3.63) is 59.7 Å². The molecule has 0 saturated carbocycles. The van der Waals surface area contributed by atoms with Crippen LogP contribution in [0.4, 0.5) is 11.4 Å². The molecule has 0 saturated heterocycles. The number of rotatable bonds is 7. The average Bonchev–Trinajstić information content (AvgIpc) is 3.04. The summed E-state index contributed by atoms with van der Waals surface area (Å²) in [5.74, 6) is -0.474. The van der Waals surface area contributed by atoms with Crippen molar-refractivity contribution >= 4 is 51.9 Å². The number of hydrogen-bond acceptors (Lipinski definition) is 5. The van der Waals surface area contributed by atoms with Gasteiger partial charge in [-0.1, -0.05) is 30.3 Å². The summed E-state index contributed by atoms with van der Waals surface area (Å²) in [7, 11) is -3.13. The first-order chi connectivity index (χ1) is 12.8. The molecule has 3 rings (SSSR count). The third-order valence-electron chi connectivity index (χ3n) is 4.71. The van der Waals surface area contributed by atoms with Crippen molar-refractivity contribution in [1.29, 1.82) is 0 Å². The van der Waals surface area contributed by atoms with Crippen LogP contribution in [-0.4, -0.2) is 38.9 Å². The van der Waals surface area contributed by atoms with Crippen molar-refractivity contribution in [3.8, 4) is 0 Å². The highest BCUT2D eigenvalue weighted by Crippen LogP contribution is 2.28. The van der Waals surface area contributed by atoms with E-state index in [1.165, 1.54) is 11.3 Å². The van der Waals surface area contributed by atoms with E-state index in [0.29, 0.717) is 5.69 Å². The van der Waals surface area contributed by atoms with Gasteiger partial charge in [0.05, 0.1) is 11.8 Å². The maximum atomic E-state index is 12.1. The Morgan fingerprint density at radius 1 is 1.14 bits per heavy atom. The zero-order chi connectivity index (χ0) is 19.4. The number of carbonyl (C=O) groups excluding carboxylic acids is 1. The van der Waals surface area contributed by atoms with E-state index in [2.05, 4.69) is 34.5 Å². The van der Waals surface area contributed by atoms with Crippen LogP contribution in [0.2, 0.25) is 0 Å². The zero-order valence-corrected chi connectivity index (χ0v) is 18.7. The molecule has 9 heteroatoms. The topological polar surface area (TPSA) is 92.5 Å². The number of nitrogens with two attached hydrogens (primary N) is 1. The minimum absolute atomic E-state index is 0. The van der Waals surface area contributed by atoms with Crippen LogP contribution in [0.1, 0.15) is 17.5 Å². The molecule has 2 aromatic carbocycles. The third kappa shape index (κ3) is 7.19. The van der Waals surface area contributed by atoms with Gasteiger partial charge in [-0.15, -0.1) is 24.8 Å². The molecular formula is C20H27Cl2N3O3S. The smallest absolute Gasteiger partial charge is 0.241 e. The number of fused-ring (bicyclic) bond motifs is 1. The van der Waals surface area contributed by atoms with E-state index in [0.717, 1.165) is 31.3 Å². The molecule has 1 heterocycles. The lowest BCUT2D eigenvalue weighted by molar-refractivity contribution is -0.117. The predicted molar refractivity (Wildman–Crippen MR) is 123 cm³/mol. The van der Waals surface area contributed by atoms with Crippen molar-refractivity contribution in [3.63, 3.8) is 0 Å². The van der Waals surface area contributed by atoms with Gasteiger partial charge in [-0.25, -0.2) is 8.42 Å². The molecule has 3 N–H and O–H groups in total. The fraction of sp³-hybridized carbons (Fsp3) is 0.350. The number of carbonyl (C=O) groups is 1. The molecule has 160 valence electrons. The lowest BCUT2D eigenvalue weighted by Crippen LogP contribution is -2.37. The van der Waals surface area contributed by atoms with Crippen molar-refractivity contribution in [2.45, 2.75) is 25.4 Å². The highest BCUT2D eigenvalue weighted by Gasteiger charge is 2.19. The summed E-state index contributed by atoms with van der Waals surface area (Å²) in [4.78, 5) is 14.4. The number of para-hydroxylation sites is 1. The van der Waals surface area contributed by atoms with Crippen molar-refractivity contribution in [1.82, 2.24) is 0 Å². The van der Waals surface area contributed by atoms with Crippen LogP contribution < -0.4 is 16.0 Å². The minimum atomic E-state index is -3.13. The number of halogens is 2. The van der Waals surface area contributed by atoms with E-state index in [9.17, 15) is 13.2 Å². The van der Waals surface area contributed by atoms with Crippen LogP contribution in [-0.2, 0) is 27.6 Å². The fourth-order valence-corrected chi connectivity index (χ4v) is 3.87. The fourth-order valence-electron chi connectivity index (χ4n) is 3.19. The van der Waals surface area contributed by atoms with E-state index >= 15 is 0 Å². The van der Waals surface area contributed by atoms with E-state index in [4.69, 9.17) is 5.73 Å². The Kier molecular flexibility index (Phi) is 9.42. The summed E-state index contributed by atoms with van der Waals surface area (Å²) in [5, 5.41) is 2.74. The van der Waals surface area contributed by atoms with Crippen molar-refractivity contribution in [2.75, 3.05) is 28.8 Å². The molecule has 1 aliphatic rings. The van der Waals surface area contributed by atoms with E-state index < -0.39 is 15.9 Å². The highest BCUT2D eigenvalue weighted by atomic mass is 35.5. The van der Waals surface area contributed by atoms with Crippen LogP contribution in [0, 0.1) is 0 Å². The molecule has 2 aromatic rings. The Morgan fingerprint density at radius 2 is 1.79 bits per heavy atom. The second-order valence-electron chi connectivity index (χ2n) is 7.01. The number of anilines is 2. The average molecular weight is 460 g/mol. The van der Waals surface area contributed by atoms with E-state index in [1.54, 1.807) is 0 Å². The second kappa shape index (κ2) is 10.8. The standard InChI is InChI=1S/C20H25N3O3S.2ClH/c1-27(25,26)13-11-18(21)20(24)22-17-8-6-15(7-9-17)14-23-12-10-16-4-2-3-5-19(16)23;;/h2-9,18H,10-14,21H2,1H3,(H,22,24);2*1H. The number of nitrogens with zero attached hydrogens (tertiary/aromatic N) is 1. The minimum Gasteiger partial charge on any atom is -0.367 e. The molecule has 0 aliphatic carbocycles. The number of benzene rings is 2. The van der Waals surface area contributed by atoms with Gasteiger partial charge in [-0.2, -0.15) is 0 Å². The van der Waals surface area contributed by atoms with Crippen LogP contribution >= 0.6 is 24.8 Å². The Morgan fingerprint density at radius 3 is 2.45 bits per heavy atom. The third-order valence-corrected chi connectivity index (χ3v) is 5.69. The van der Waals surface area contributed by atoms with Gasteiger partial charge in [0.1, 0.15) is 9.84 Å². The van der Waals surface area contributed by atoms with Gasteiger partial charge in [0.2, 0.25) is 5.91 Å². The number of amides is 1. The van der Waals surface area contributed by atoms with Gasteiger partial charge < -0.3 is 16.0 Å². The van der Waals surface area contributed by atoms with Gasteiger partial charge in [0, 0.05) is 30.7 Å². The molecule has 1 unspecified atom stereocenters. The van der Waals surface area contributed by atoms with Crippen LogP contribution in [0.15, 0.2) is 48.5 Å². The summed E-state index contributed by atoms with van der Waals surface area (Å²) in [6.07, 6.45) is 2.31. The van der Waals surface area contributed by atoms with Crippen LogP contribution in [0.25, 0.3) is 0 Å². The quantitative estimate of drug-likeness (QED) is 0.663. The first kappa shape index (κ1) is 25.2.